The average molecular weight is 441 g/mol. The van der Waals surface area contributed by atoms with Gasteiger partial charge >= 0.3 is 5.63 Å². The second-order valence-electron chi connectivity index (χ2n) is 8.16. The predicted octanol–water partition coefficient (Wildman–Crippen LogP) is 6.44. The molecule has 0 spiro atoms. The Morgan fingerprint density at radius 1 is 0.706 bits per heavy atom. The van der Waals surface area contributed by atoms with E-state index in [4.69, 9.17) is 14.4 Å². The van der Waals surface area contributed by atoms with Crippen molar-refractivity contribution in [1.29, 1.82) is 0 Å². The van der Waals surface area contributed by atoms with E-state index in [9.17, 15) is 4.79 Å². The van der Waals surface area contributed by atoms with Crippen molar-refractivity contribution in [3.8, 4) is 33.6 Å². The van der Waals surface area contributed by atoms with Crippen molar-refractivity contribution in [3.63, 3.8) is 0 Å². The standard InChI is InChI=1S/C29H19N3O2/c1-18-13-14-21-24(16-18)34-29(33)26(25(21)20-10-7-15-30-17-20)28-27(19-8-3-2-4-9-19)31-22-11-5-6-12-23(22)32-28/h2-17H,1H3. The lowest BCUT2D eigenvalue weighted by Crippen LogP contribution is -2.09. The fourth-order valence-corrected chi connectivity index (χ4v) is 4.31. The predicted molar refractivity (Wildman–Crippen MR) is 134 cm³/mol. The summed E-state index contributed by atoms with van der Waals surface area (Å²) in [5, 5.41) is 0.821. The lowest BCUT2D eigenvalue weighted by Gasteiger charge is -2.15. The molecule has 0 bridgehead atoms. The molecular formula is C29H19N3O2. The number of fused-ring (bicyclic) bond motifs is 2. The third-order valence-corrected chi connectivity index (χ3v) is 5.87. The van der Waals surface area contributed by atoms with Crippen molar-refractivity contribution < 1.29 is 4.42 Å². The minimum absolute atomic E-state index is 0.376. The summed E-state index contributed by atoms with van der Waals surface area (Å²) in [6, 6.07) is 27.1. The number of nitrogens with zero attached hydrogens (tertiary/aromatic N) is 3. The van der Waals surface area contributed by atoms with Gasteiger partial charge < -0.3 is 4.42 Å². The third-order valence-electron chi connectivity index (χ3n) is 5.87. The molecule has 0 amide bonds. The molecule has 3 aromatic carbocycles. The van der Waals surface area contributed by atoms with Crippen molar-refractivity contribution in [2.24, 2.45) is 0 Å². The summed E-state index contributed by atoms with van der Waals surface area (Å²) in [6.07, 6.45) is 3.47. The highest BCUT2D eigenvalue weighted by Crippen LogP contribution is 2.39. The van der Waals surface area contributed by atoms with Crippen LogP contribution < -0.4 is 5.63 Å². The summed E-state index contributed by atoms with van der Waals surface area (Å²) in [4.78, 5) is 27.8. The van der Waals surface area contributed by atoms with Gasteiger partial charge in [-0.15, -0.1) is 0 Å². The van der Waals surface area contributed by atoms with Gasteiger partial charge in [-0.1, -0.05) is 60.7 Å². The molecule has 6 rings (SSSR count). The van der Waals surface area contributed by atoms with Crippen LogP contribution in [-0.2, 0) is 0 Å². The molecule has 0 aliphatic heterocycles. The van der Waals surface area contributed by atoms with Crippen LogP contribution in [-0.4, -0.2) is 15.0 Å². The number of hydrogen-bond donors (Lipinski definition) is 0. The topological polar surface area (TPSA) is 68.9 Å². The maximum absolute atomic E-state index is 13.6. The molecule has 0 saturated carbocycles. The third kappa shape index (κ3) is 3.35. The molecule has 5 nitrogen and oxygen atoms in total. The highest BCUT2D eigenvalue weighted by Gasteiger charge is 2.24. The van der Waals surface area contributed by atoms with E-state index in [1.54, 1.807) is 12.4 Å². The Bertz CT molecular complexity index is 1730. The normalized spacial score (nSPS) is 11.2. The Labute approximate surface area is 195 Å². The number of hydrogen-bond acceptors (Lipinski definition) is 5. The fraction of sp³-hybridized carbons (Fsp3) is 0.0345. The molecule has 5 heteroatoms. The minimum atomic E-state index is -0.460. The van der Waals surface area contributed by atoms with Crippen molar-refractivity contribution >= 4 is 22.0 Å². The van der Waals surface area contributed by atoms with Crippen LogP contribution in [0.1, 0.15) is 5.56 Å². The van der Waals surface area contributed by atoms with Crippen molar-refractivity contribution in [3.05, 3.63) is 113 Å². The van der Waals surface area contributed by atoms with Crippen LogP contribution in [0.15, 0.2) is 107 Å². The summed E-state index contributed by atoms with van der Waals surface area (Å²) >= 11 is 0. The number of aryl methyl sites for hydroxylation is 1. The Balaban J connectivity index is 1.79. The molecule has 0 aliphatic carbocycles. The number of pyridine rings is 1. The maximum Gasteiger partial charge on any atom is 0.346 e. The van der Waals surface area contributed by atoms with E-state index in [2.05, 4.69) is 4.98 Å². The van der Waals surface area contributed by atoms with Gasteiger partial charge in [-0.2, -0.15) is 0 Å². The quantitative estimate of drug-likeness (QED) is 0.296. The molecule has 0 unspecified atom stereocenters. The highest BCUT2D eigenvalue weighted by molar-refractivity contribution is 6.03. The number of benzene rings is 3. The van der Waals surface area contributed by atoms with E-state index in [1.807, 2.05) is 91.9 Å². The molecule has 3 aromatic heterocycles. The Morgan fingerprint density at radius 2 is 1.41 bits per heavy atom. The van der Waals surface area contributed by atoms with Crippen molar-refractivity contribution in [1.82, 2.24) is 15.0 Å². The minimum Gasteiger partial charge on any atom is -0.422 e. The van der Waals surface area contributed by atoms with Gasteiger partial charge in [-0.05, 0) is 36.8 Å². The highest BCUT2D eigenvalue weighted by atomic mass is 16.4. The SMILES string of the molecule is Cc1ccc2c(-c3cccnc3)c(-c3nc4ccccc4nc3-c3ccccc3)c(=O)oc2c1. The lowest BCUT2D eigenvalue weighted by molar-refractivity contribution is 0.563. The maximum atomic E-state index is 13.6. The van der Waals surface area contributed by atoms with Crippen LogP contribution in [0, 0.1) is 6.92 Å². The monoisotopic (exact) mass is 441 g/mol. The van der Waals surface area contributed by atoms with E-state index in [0.717, 1.165) is 33.2 Å². The summed E-state index contributed by atoms with van der Waals surface area (Å²) in [7, 11) is 0. The molecule has 0 atom stereocenters. The zero-order valence-electron chi connectivity index (χ0n) is 18.4. The number of rotatable bonds is 3. The molecule has 162 valence electrons. The van der Waals surface area contributed by atoms with Gasteiger partial charge in [-0.25, -0.2) is 14.8 Å². The van der Waals surface area contributed by atoms with Gasteiger partial charge in [0.2, 0.25) is 0 Å². The second-order valence-corrected chi connectivity index (χ2v) is 8.16. The Morgan fingerprint density at radius 3 is 2.15 bits per heavy atom. The van der Waals surface area contributed by atoms with Crippen LogP contribution in [0.3, 0.4) is 0 Å². The molecule has 6 aromatic rings. The summed E-state index contributed by atoms with van der Waals surface area (Å²) in [5.41, 5.74) is 6.46. The largest absolute Gasteiger partial charge is 0.422 e. The second kappa shape index (κ2) is 8.05. The van der Waals surface area contributed by atoms with Crippen molar-refractivity contribution in [2.45, 2.75) is 6.92 Å². The van der Waals surface area contributed by atoms with Crippen molar-refractivity contribution in [2.75, 3.05) is 0 Å². The van der Waals surface area contributed by atoms with E-state index in [1.165, 1.54) is 0 Å². The summed E-state index contributed by atoms with van der Waals surface area (Å²) in [6.45, 7) is 1.97. The van der Waals surface area contributed by atoms with Crippen LogP contribution in [0.25, 0.3) is 55.6 Å². The zero-order chi connectivity index (χ0) is 23.1. The summed E-state index contributed by atoms with van der Waals surface area (Å²) in [5.74, 6) is 0. The first kappa shape index (κ1) is 20.0. The van der Waals surface area contributed by atoms with Gasteiger partial charge in [0.25, 0.3) is 0 Å². The Kier molecular flexibility index (Phi) is 4.73. The molecule has 0 aliphatic rings. The van der Waals surface area contributed by atoms with E-state index in [-0.39, 0.29) is 0 Å². The van der Waals surface area contributed by atoms with Crippen LogP contribution in [0.4, 0.5) is 0 Å². The molecule has 0 saturated heterocycles. The Hall–Kier alpha value is -4.64. The molecule has 0 fully saturated rings. The van der Waals surface area contributed by atoms with Gasteiger partial charge in [0.05, 0.1) is 22.3 Å². The first-order chi connectivity index (χ1) is 16.7. The number of para-hydroxylation sites is 2. The van der Waals surface area contributed by atoms with Gasteiger partial charge in [0, 0.05) is 34.5 Å². The fourth-order valence-electron chi connectivity index (χ4n) is 4.31. The van der Waals surface area contributed by atoms with E-state index in [0.29, 0.717) is 28.1 Å². The first-order valence-electron chi connectivity index (χ1n) is 11.0. The number of aromatic nitrogens is 3. The molecular weight excluding hydrogens is 422 g/mol. The molecule has 0 N–H and O–H groups in total. The average Bonchev–Trinajstić information content (AvgIpc) is 2.88. The first-order valence-corrected chi connectivity index (χ1v) is 11.0. The van der Waals surface area contributed by atoms with E-state index < -0.39 is 5.63 Å². The van der Waals surface area contributed by atoms with Crippen LogP contribution >= 0.6 is 0 Å². The van der Waals surface area contributed by atoms with Crippen LogP contribution in [0.2, 0.25) is 0 Å². The lowest BCUT2D eigenvalue weighted by atomic mass is 9.93. The van der Waals surface area contributed by atoms with Gasteiger partial charge in [0.15, 0.2) is 0 Å². The molecule has 3 heterocycles. The van der Waals surface area contributed by atoms with Crippen LogP contribution in [0.5, 0.6) is 0 Å². The van der Waals surface area contributed by atoms with E-state index >= 15 is 0 Å². The molecule has 34 heavy (non-hydrogen) atoms. The molecule has 0 radical (unpaired) electrons. The zero-order valence-corrected chi connectivity index (χ0v) is 18.4. The van der Waals surface area contributed by atoms with Gasteiger partial charge in [0.1, 0.15) is 11.3 Å². The summed E-state index contributed by atoms with van der Waals surface area (Å²) < 4.78 is 5.85. The van der Waals surface area contributed by atoms with Gasteiger partial charge in [-0.3, -0.25) is 4.98 Å². The smallest absolute Gasteiger partial charge is 0.346 e.